The Balaban J connectivity index is 1.44. The normalized spacial score (nSPS) is 15.6. The van der Waals surface area contributed by atoms with Gasteiger partial charge in [0, 0.05) is 36.9 Å². The fraction of sp³-hybridized carbons (Fsp3) is 0.318. The molecule has 0 bridgehead atoms. The van der Waals surface area contributed by atoms with Crippen LogP contribution >= 0.6 is 11.6 Å². The third kappa shape index (κ3) is 5.11. The van der Waals surface area contributed by atoms with Gasteiger partial charge in [0.2, 0.25) is 0 Å². The number of carbonyl (C=O) groups is 1. The van der Waals surface area contributed by atoms with E-state index < -0.39 is 23.3 Å². The molecule has 4 rings (SSSR count). The molecular formula is C22H21ClF3N5O. The monoisotopic (exact) mass is 463 g/mol. The summed E-state index contributed by atoms with van der Waals surface area (Å²) in [4.78, 5) is 19.3. The number of carbonyl (C=O) groups excluding carboxylic acids is 1. The highest BCUT2D eigenvalue weighted by Crippen LogP contribution is 2.34. The molecule has 2 aromatic heterocycles. The summed E-state index contributed by atoms with van der Waals surface area (Å²) in [5, 5.41) is 6.97. The van der Waals surface area contributed by atoms with Crippen molar-refractivity contribution in [2.45, 2.75) is 31.6 Å². The lowest BCUT2D eigenvalue weighted by molar-refractivity contribution is -0.143. The number of piperidine rings is 1. The summed E-state index contributed by atoms with van der Waals surface area (Å²) in [6.07, 6.45) is -0.765. The zero-order chi connectivity index (χ0) is 22.7. The molecule has 1 aliphatic heterocycles. The maximum absolute atomic E-state index is 13.8. The first-order valence-electron chi connectivity index (χ1n) is 10.2. The Morgan fingerprint density at radius 2 is 1.84 bits per heavy atom. The van der Waals surface area contributed by atoms with Crippen molar-refractivity contribution in [2.75, 3.05) is 13.1 Å². The van der Waals surface area contributed by atoms with Gasteiger partial charge in [-0.1, -0.05) is 17.7 Å². The van der Waals surface area contributed by atoms with Crippen molar-refractivity contribution in [3.63, 3.8) is 0 Å². The number of hydrogen-bond donors (Lipinski definition) is 1. The van der Waals surface area contributed by atoms with Crippen LogP contribution < -0.4 is 5.32 Å². The first kappa shape index (κ1) is 22.3. The largest absolute Gasteiger partial charge is 0.434 e. The maximum atomic E-state index is 13.8. The van der Waals surface area contributed by atoms with Crippen molar-refractivity contribution in [3.05, 3.63) is 76.8 Å². The zero-order valence-electron chi connectivity index (χ0n) is 17.0. The molecule has 1 fully saturated rings. The molecule has 0 saturated carbocycles. The Morgan fingerprint density at radius 1 is 1.12 bits per heavy atom. The van der Waals surface area contributed by atoms with Gasteiger partial charge >= 0.3 is 6.18 Å². The summed E-state index contributed by atoms with van der Waals surface area (Å²) < 4.78 is 42.2. The maximum Gasteiger partial charge on any atom is 0.434 e. The number of nitrogens with zero attached hydrogens (tertiary/aromatic N) is 4. The molecule has 3 aromatic rings. The lowest BCUT2D eigenvalue weighted by Crippen LogP contribution is -2.44. The van der Waals surface area contributed by atoms with E-state index in [1.165, 1.54) is 24.3 Å². The second-order valence-electron chi connectivity index (χ2n) is 7.64. The molecule has 0 spiro atoms. The van der Waals surface area contributed by atoms with Gasteiger partial charge in [-0.25, -0.2) is 4.68 Å². The van der Waals surface area contributed by atoms with E-state index in [1.807, 2.05) is 18.2 Å². The van der Waals surface area contributed by atoms with Crippen LogP contribution in [-0.2, 0) is 12.7 Å². The highest BCUT2D eigenvalue weighted by atomic mass is 35.5. The highest BCUT2D eigenvalue weighted by Gasteiger charge is 2.41. The van der Waals surface area contributed by atoms with Crippen LogP contribution in [0.3, 0.4) is 0 Å². The van der Waals surface area contributed by atoms with E-state index in [2.05, 4.69) is 20.3 Å². The summed E-state index contributed by atoms with van der Waals surface area (Å²) in [7, 11) is 0. The average molecular weight is 464 g/mol. The van der Waals surface area contributed by atoms with Crippen molar-refractivity contribution in [3.8, 4) is 5.69 Å². The van der Waals surface area contributed by atoms with Crippen molar-refractivity contribution >= 4 is 17.5 Å². The van der Waals surface area contributed by atoms with Gasteiger partial charge in [-0.3, -0.25) is 14.7 Å². The van der Waals surface area contributed by atoms with Gasteiger partial charge in [0.1, 0.15) is 0 Å². The van der Waals surface area contributed by atoms with Crippen molar-refractivity contribution in [1.82, 2.24) is 25.0 Å². The predicted octanol–water partition coefficient (Wildman–Crippen LogP) is 4.33. The van der Waals surface area contributed by atoms with Crippen LogP contribution in [0.1, 0.15) is 34.6 Å². The fourth-order valence-electron chi connectivity index (χ4n) is 3.78. The quantitative estimate of drug-likeness (QED) is 0.611. The molecule has 0 atom stereocenters. The lowest BCUT2D eigenvalue weighted by Gasteiger charge is -2.32. The molecule has 1 N–H and O–H groups in total. The van der Waals surface area contributed by atoms with Gasteiger partial charge in [-0.15, -0.1) is 0 Å². The van der Waals surface area contributed by atoms with E-state index in [0.717, 1.165) is 29.7 Å². The minimum atomic E-state index is -4.76. The molecular weight excluding hydrogens is 443 g/mol. The molecule has 0 radical (unpaired) electrons. The molecule has 1 amide bonds. The van der Waals surface area contributed by atoms with Gasteiger partial charge in [-0.05, 0) is 49.2 Å². The van der Waals surface area contributed by atoms with Crippen LogP contribution in [0.2, 0.25) is 5.02 Å². The van der Waals surface area contributed by atoms with Crippen LogP contribution in [0.4, 0.5) is 13.2 Å². The molecule has 1 aromatic carbocycles. The number of likely N-dealkylation sites (tertiary alicyclic amines) is 1. The molecule has 0 aliphatic carbocycles. The van der Waals surface area contributed by atoms with Gasteiger partial charge in [0.15, 0.2) is 5.69 Å². The Hall–Kier alpha value is -2.91. The van der Waals surface area contributed by atoms with Crippen LogP contribution in [-0.4, -0.2) is 44.7 Å². The first-order chi connectivity index (χ1) is 15.3. The Morgan fingerprint density at radius 3 is 2.47 bits per heavy atom. The van der Waals surface area contributed by atoms with Crippen LogP contribution in [0.25, 0.3) is 5.69 Å². The summed E-state index contributed by atoms with van der Waals surface area (Å²) in [5.74, 6) is -0.777. The van der Waals surface area contributed by atoms with Crippen molar-refractivity contribution in [1.29, 1.82) is 0 Å². The minimum Gasteiger partial charge on any atom is -0.349 e. The van der Waals surface area contributed by atoms with Crippen molar-refractivity contribution in [2.24, 2.45) is 0 Å². The number of hydrogen-bond acceptors (Lipinski definition) is 4. The molecule has 168 valence electrons. The first-order valence-corrected chi connectivity index (χ1v) is 10.5. The van der Waals surface area contributed by atoms with Crippen molar-refractivity contribution < 1.29 is 18.0 Å². The highest BCUT2D eigenvalue weighted by molar-refractivity contribution is 6.30. The lowest BCUT2D eigenvalue weighted by atomic mass is 10.0. The number of rotatable bonds is 5. The second kappa shape index (κ2) is 9.30. The van der Waals surface area contributed by atoms with Crippen LogP contribution in [0.15, 0.2) is 54.9 Å². The van der Waals surface area contributed by atoms with Gasteiger partial charge < -0.3 is 5.32 Å². The number of benzene rings is 1. The Kier molecular flexibility index (Phi) is 6.48. The number of nitrogens with one attached hydrogen (secondary N) is 1. The number of halogens is 4. The van der Waals surface area contributed by atoms with E-state index >= 15 is 0 Å². The van der Waals surface area contributed by atoms with Gasteiger partial charge in [-0.2, -0.15) is 18.3 Å². The third-order valence-corrected chi connectivity index (χ3v) is 5.64. The molecule has 0 unspecified atom stereocenters. The molecule has 1 aliphatic rings. The van der Waals surface area contributed by atoms with E-state index in [-0.39, 0.29) is 11.7 Å². The SMILES string of the molecule is O=C(NC1CCN(Cc2ccccn2)CC1)c1cnn(-c2ccc(Cl)cc2)c1C(F)(F)F. The molecule has 6 nitrogen and oxygen atoms in total. The average Bonchev–Trinajstić information content (AvgIpc) is 3.22. The molecule has 1 saturated heterocycles. The predicted molar refractivity (Wildman–Crippen MR) is 114 cm³/mol. The van der Waals surface area contributed by atoms with Gasteiger partial charge in [0.25, 0.3) is 5.91 Å². The summed E-state index contributed by atoms with van der Waals surface area (Å²) in [6, 6.07) is 11.3. The molecule has 32 heavy (non-hydrogen) atoms. The standard InChI is InChI=1S/C22H21ClF3N5O/c23-15-4-6-18(7-5-15)31-20(22(24,25)26)19(13-28-31)21(32)29-16-8-11-30(12-9-16)14-17-3-1-2-10-27-17/h1-7,10,13,16H,8-9,11-12,14H2,(H,29,32). The fourth-order valence-corrected chi connectivity index (χ4v) is 3.91. The van der Waals surface area contributed by atoms with Gasteiger partial charge in [0.05, 0.1) is 23.1 Å². The van der Waals surface area contributed by atoms with E-state index in [0.29, 0.717) is 24.4 Å². The number of amides is 1. The van der Waals surface area contributed by atoms with E-state index in [9.17, 15) is 18.0 Å². The summed E-state index contributed by atoms with van der Waals surface area (Å²) >= 11 is 5.83. The molecule has 3 heterocycles. The minimum absolute atomic E-state index is 0.170. The van der Waals surface area contributed by atoms with E-state index in [4.69, 9.17) is 11.6 Å². The Bertz CT molecular complexity index is 1060. The van der Waals surface area contributed by atoms with Crippen LogP contribution in [0, 0.1) is 0 Å². The van der Waals surface area contributed by atoms with Crippen LogP contribution in [0.5, 0.6) is 0 Å². The summed E-state index contributed by atoms with van der Waals surface area (Å²) in [5.41, 5.74) is -0.476. The number of alkyl halides is 3. The smallest absolute Gasteiger partial charge is 0.349 e. The topological polar surface area (TPSA) is 63.1 Å². The molecule has 10 heteroatoms. The number of aromatic nitrogens is 3. The summed E-state index contributed by atoms with van der Waals surface area (Å²) in [6.45, 7) is 2.14. The Labute approximate surface area is 188 Å². The third-order valence-electron chi connectivity index (χ3n) is 5.39. The number of pyridine rings is 1. The van der Waals surface area contributed by atoms with E-state index in [1.54, 1.807) is 6.20 Å². The zero-order valence-corrected chi connectivity index (χ0v) is 17.8. The second-order valence-corrected chi connectivity index (χ2v) is 8.07.